The fourth-order valence-electron chi connectivity index (χ4n) is 2.89. The molecule has 0 saturated carbocycles. The summed E-state index contributed by atoms with van der Waals surface area (Å²) in [4.78, 5) is 2.32. The fourth-order valence-corrected chi connectivity index (χ4v) is 4.20. The Labute approximate surface area is 118 Å². The van der Waals surface area contributed by atoms with Gasteiger partial charge in [-0.25, -0.2) is 8.42 Å². The topological polar surface area (TPSA) is 63.4 Å². The average molecular weight is 290 g/mol. The normalized spacial score (nSPS) is 22.0. The van der Waals surface area contributed by atoms with Gasteiger partial charge in [0.2, 0.25) is 0 Å². The van der Waals surface area contributed by atoms with E-state index in [2.05, 4.69) is 11.8 Å². The van der Waals surface area contributed by atoms with Crippen LogP contribution in [0.25, 0.3) is 0 Å². The standard InChI is InChI=1S/C14H30N2O2S/c1-2-5-14(7-8-15)6-3-9-16-10-4-12-19(17,18)13-11-16/h14H,2-13,15H2,1H3. The van der Waals surface area contributed by atoms with Crippen molar-refractivity contribution in [3.8, 4) is 0 Å². The van der Waals surface area contributed by atoms with E-state index in [0.29, 0.717) is 11.5 Å². The molecule has 4 nitrogen and oxygen atoms in total. The van der Waals surface area contributed by atoms with Crippen molar-refractivity contribution < 1.29 is 8.42 Å². The molecule has 1 saturated heterocycles. The van der Waals surface area contributed by atoms with E-state index in [1.54, 1.807) is 0 Å². The second-order valence-corrected chi connectivity index (χ2v) is 8.02. The van der Waals surface area contributed by atoms with Gasteiger partial charge in [0, 0.05) is 6.54 Å². The largest absolute Gasteiger partial charge is 0.330 e. The Morgan fingerprint density at radius 2 is 1.95 bits per heavy atom. The average Bonchev–Trinajstić information content (AvgIpc) is 2.51. The van der Waals surface area contributed by atoms with Gasteiger partial charge >= 0.3 is 0 Å². The van der Waals surface area contributed by atoms with E-state index in [4.69, 9.17) is 5.73 Å². The molecular weight excluding hydrogens is 260 g/mol. The highest BCUT2D eigenvalue weighted by molar-refractivity contribution is 7.91. The van der Waals surface area contributed by atoms with E-state index in [1.807, 2.05) is 0 Å². The van der Waals surface area contributed by atoms with Crippen LogP contribution in [0.1, 0.15) is 45.4 Å². The molecule has 0 bridgehead atoms. The summed E-state index contributed by atoms with van der Waals surface area (Å²) in [5.41, 5.74) is 5.65. The molecule has 0 aromatic carbocycles. The van der Waals surface area contributed by atoms with Crippen molar-refractivity contribution in [2.75, 3.05) is 37.7 Å². The third kappa shape index (κ3) is 7.28. The van der Waals surface area contributed by atoms with Gasteiger partial charge in [0.15, 0.2) is 9.84 Å². The molecule has 0 aromatic rings. The Morgan fingerprint density at radius 3 is 2.63 bits per heavy atom. The molecule has 1 aliphatic rings. The summed E-state index contributed by atoms with van der Waals surface area (Å²) in [6, 6.07) is 0. The minimum Gasteiger partial charge on any atom is -0.330 e. The van der Waals surface area contributed by atoms with Crippen molar-refractivity contribution >= 4 is 9.84 Å². The quantitative estimate of drug-likeness (QED) is 0.738. The Bertz CT molecular complexity index is 324. The number of hydrogen-bond donors (Lipinski definition) is 1. The van der Waals surface area contributed by atoms with Crippen molar-refractivity contribution in [1.29, 1.82) is 0 Å². The Morgan fingerprint density at radius 1 is 1.16 bits per heavy atom. The van der Waals surface area contributed by atoms with Crippen LogP contribution in [-0.4, -0.2) is 51.0 Å². The maximum atomic E-state index is 11.5. The van der Waals surface area contributed by atoms with Crippen LogP contribution in [0.15, 0.2) is 0 Å². The molecule has 114 valence electrons. The molecule has 1 atom stereocenters. The molecular formula is C14H30N2O2S. The summed E-state index contributed by atoms with van der Waals surface area (Å²) in [5.74, 6) is 1.47. The molecule has 2 N–H and O–H groups in total. The predicted octanol–water partition coefficient (Wildman–Crippen LogP) is 1.65. The van der Waals surface area contributed by atoms with Crippen LogP contribution in [0, 0.1) is 5.92 Å². The van der Waals surface area contributed by atoms with Crippen LogP contribution in [0.5, 0.6) is 0 Å². The first-order valence-electron chi connectivity index (χ1n) is 7.70. The van der Waals surface area contributed by atoms with Crippen molar-refractivity contribution in [2.45, 2.75) is 45.4 Å². The van der Waals surface area contributed by atoms with E-state index in [9.17, 15) is 8.42 Å². The second-order valence-electron chi connectivity index (χ2n) is 5.72. The molecule has 0 aliphatic carbocycles. The van der Waals surface area contributed by atoms with Crippen LogP contribution < -0.4 is 5.73 Å². The van der Waals surface area contributed by atoms with Crippen LogP contribution in [0.4, 0.5) is 0 Å². The molecule has 1 fully saturated rings. The summed E-state index contributed by atoms with van der Waals surface area (Å²) in [5, 5.41) is 0. The number of nitrogens with two attached hydrogens (primary N) is 1. The zero-order chi connectivity index (χ0) is 14.1. The monoisotopic (exact) mass is 290 g/mol. The SMILES string of the molecule is CCCC(CCN)CCCN1CCCS(=O)(=O)CC1. The van der Waals surface area contributed by atoms with Crippen LogP contribution in [0.2, 0.25) is 0 Å². The molecule has 0 aromatic heterocycles. The highest BCUT2D eigenvalue weighted by Gasteiger charge is 2.18. The van der Waals surface area contributed by atoms with Crippen molar-refractivity contribution in [2.24, 2.45) is 11.7 Å². The minimum absolute atomic E-state index is 0.341. The Balaban J connectivity index is 2.24. The first kappa shape index (κ1) is 16.9. The number of hydrogen-bond acceptors (Lipinski definition) is 4. The van der Waals surface area contributed by atoms with E-state index in [-0.39, 0.29) is 0 Å². The fraction of sp³-hybridized carbons (Fsp3) is 1.00. The van der Waals surface area contributed by atoms with Gasteiger partial charge in [0.25, 0.3) is 0 Å². The summed E-state index contributed by atoms with van der Waals surface area (Å²) in [7, 11) is -2.77. The second kappa shape index (κ2) is 8.93. The molecule has 0 amide bonds. The summed E-state index contributed by atoms with van der Waals surface area (Å²) >= 11 is 0. The van der Waals surface area contributed by atoms with Crippen molar-refractivity contribution in [1.82, 2.24) is 4.90 Å². The van der Waals surface area contributed by atoms with Gasteiger partial charge in [-0.2, -0.15) is 0 Å². The summed E-state index contributed by atoms with van der Waals surface area (Å²) in [6.07, 6.45) is 6.82. The summed E-state index contributed by atoms with van der Waals surface area (Å²) in [6.45, 7) is 5.71. The summed E-state index contributed by atoms with van der Waals surface area (Å²) < 4.78 is 23.1. The van der Waals surface area contributed by atoms with Gasteiger partial charge in [-0.05, 0) is 51.2 Å². The van der Waals surface area contributed by atoms with Gasteiger partial charge in [-0.15, -0.1) is 0 Å². The van der Waals surface area contributed by atoms with Crippen LogP contribution in [-0.2, 0) is 9.84 Å². The Kier molecular flexibility index (Phi) is 7.95. The number of sulfone groups is 1. The number of rotatable bonds is 8. The van der Waals surface area contributed by atoms with Crippen molar-refractivity contribution in [3.63, 3.8) is 0 Å². The predicted molar refractivity (Wildman–Crippen MR) is 81.0 cm³/mol. The lowest BCUT2D eigenvalue weighted by atomic mass is 9.94. The smallest absolute Gasteiger partial charge is 0.151 e. The lowest BCUT2D eigenvalue weighted by molar-refractivity contribution is 0.274. The van der Waals surface area contributed by atoms with E-state index in [1.165, 1.54) is 25.7 Å². The van der Waals surface area contributed by atoms with Gasteiger partial charge in [-0.3, -0.25) is 0 Å². The van der Waals surface area contributed by atoms with E-state index >= 15 is 0 Å². The highest BCUT2D eigenvalue weighted by atomic mass is 32.2. The van der Waals surface area contributed by atoms with Gasteiger partial charge in [0.05, 0.1) is 11.5 Å². The zero-order valence-corrected chi connectivity index (χ0v) is 13.1. The maximum Gasteiger partial charge on any atom is 0.151 e. The third-order valence-electron chi connectivity index (χ3n) is 4.01. The van der Waals surface area contributed by atoms with Gasteiger partial charge in [0.1, 0.15) is 0 Å². The lowest BCUT2D eigenvalue weighted by Crippen LogP contribution is -2.28. The highest BCUT2D eigenvalue weighted by Crippen LogP contribution is 2.17. The molecule has 5 heteroatoms. The zero-order valence-electron chi connectivity index (χ0n) is 12.3. The third-order valence-corrected chi connectivity index (χ3v) is 5.72. The van der Waals surface area contributed by atoms with E-state index < -0.39 is 9.84 Å². The van der Waals surface area contributed by atoms with Crippen LogP contribution in [0.3, 0.4) is 0 Å². The minimum atomic E-state index is -2.77. The molecule has 1 unspecified atom stereocenters. The van der Waals surface area contributed by atoms with Crippen molar-refractivity contribution in [3.05, 3.63) is 0 Å². The Hall–Kier alpha value is -0.130. The first-order valence-corrected chi connectivity index (χ1v) is 9.52. The van der Waals surface area contributed by atoms with Crippen LogP contribution >= 0.6 is 0 Å². The molecule has 1 rings (SSSR count). The number of nitrogens with zero attached hydrogens (tertiary/aromatic N) is 1. The first-order chi connectivity index (χ1) is 9.07. The lowest BCUT2D eigenvalue weighted by Gasteiger charge is -2.21. The molecule has 0 radical (unpaired) electrons. The van der Waals surface area contributed by atoms with E-state index in [0.717, 1.165) is 44.9 Å². The molecule has 0 spiro atoms. The van der Waals surface area contributed by atoms with Gasteiger partial charge in [-0.1, -0.05) is 19.8 Å². The van der Waals surface area contributed by atoms with Gasteiger partial charge < -0.3 is 10.6 Å². The molecule has 19 heavy (non-hydrogen) atoms. The molecule has 1 heterocycles. The molecule has 1 aliphatic heterocycles. The maximum absolute atomic E-state index is 11.5.